The van der Waals surface area contributed by atoms with Crippen molar-refractivity contribution in [3.8, 4) is 0 Å². The van der Waals surface area contributed by atoms with E-state index in [2.05, 4.69) is 0 Å². The maximum absolute atomic E-state index is 13.2. The van der Waals surface area contributed by atoms with Crippen molar-refractivity contribution in [3.63, 3.8) is 0 Å². The first kappa shape index (κ1) is 11.1. The molecule has 0 atom stereocenters. The number of hydrogen-bond acceptors (Lipinski definition) is 2. The van der Waals surface area contributed by atoms with Gasteiger partial charge in [0.05, 0.1) is 13.2 Å². The maximum atomic E-state index is 13.2. The molecule has 0 aromatic heterocycles. The highest BCUT2D eigenvalue weighted by Crippen LogP contribution is 2.17. The van der Waals surface area contributed by atoms with E-state index in [1.54, 1.807) is 27.2 Å². The molecule has 78 valence electrons. The Morgan fingerprint density at radius 2 is 1.57 bits per heavy atom. The number of hydrogen-bond donors (Lipinski definition) is 0. The lowest BCUT2D eigenvalue weighted by atomic mass is 10.1. The largest absolute Gasteiger partial charge is 0.380 e. The van der Waals surface area contributed by atoms with Gasteiger partial charge in [-0.3, -0.25) is 0 Å². The van der Waals surface area contributed by atoms with Gasteiger partial charge in [-0.15, -0.1) is 0 Å². The van der Waals surface area contributed by atoms with Gasteiger partial charge in [-0.05, 0) is 29.7 Å². The van der Waals surface area contributed by atoms with Crippen LogP contribution < -0.4 is 0 Å². The summed E-state index contributed by atoms with van der Waals surface area (Å²) in [6.07, 6.45) is 0. The van der Waals surface area contributed by atoms with Gasteiger partial charge in [-0.2, -0.15) is 0 Å². The highest BCUT2D eigenvalue weighted by Gasteiger charge is 2.06. The lowest BCUT2D eigenvalue weighted by Gasteiger charge is -2.09. The number of aryl methyl sites for hydroxylation is 1. The zero-order chi connectivity index (χ0) is 10.6. The average molecular weight is 198 g/mol. The van der Waals surface area contributed by atoms with E-state index in [-0.39, 0.29) is 5.82 Å². The Morgan fingerprint density at radius 1 is 1.07 bits per heavy atom. The molecule has 1 aromatic rings. The van der Waals surface area contributed by atoms with Gasteiger partial charge in [0.15, 0.2) is 0 Å². The normalized spacial score (nSPS) is 10.6. The van der Waals surface area contributed by atoms with Crippen molar-refractivity contribution in [3.05, 3.63) is 34.6 Å². The molecule has 0 unspecified atom stereocenters. The monoisotopic (exact) mass is 198 g/mol. The summed E-state index contributed by atoms with van der Waals surface area (Å²) in [7, 11) is 3.21. The molecule has 2 nitrogen and oxygen atoms in total. The molecule has 0 radical (unpaired) electrons. The predicted molar refractivity (Wildman–Crippen MR) is 52.6 cm³/mol. The standard InChI is InChI=1S/C11H15FO2/c1-8-4-9(6-13-2)10(7-14-3)5-11(8)12/h4-5H,6-7H2,1-3H3. The second-order valence-electron chi connectivity index (χ2n) is 3.24. The van der Waals surface area contributed by atoms with Crippen molar-refractivity contribution in [2.75, 3.05) is 14.2 Å². The van der Waals surface area contributed by atoms with E-state index >= 15 is 0 Å². The van der Waals surface area contributed by atoms with Gasteiger partial charge in [-0.1, -0.05) is 6.07 Å². The maximum Gasteiger partial charge on any atom is 0.126 e. The quantitative estimate of drug-likeness (QED) is 0.739. The number of halogens is 1. The Kier molecular flexibility index (Phi) is 4.04. The first-order valence-corrected chi connectivity index (χ1v) is 4.44. The second-order valence-corrected chi connectivity index (χ2v) is 3.24. The van der Waals surface area contributed by atoms with Crippen molar-refractivity contribution in [2.45, 2.75) is 20.1 Å². The minimum Gasteiger partial charge on any atom is -0.380 e. The Bertz CT molecular complexity index is 279. The van der Waals surface area contributed by atoms with Crippen LogP contribution in [0, 0.1) is 12.7 Å². The fraction of sp³-hybridized carbons (Fsp3) is 0.455. The Hall–Kier alpha value is -0.930. The van der Waals surface area contributed by atoms with Gasteiger partial charge in [0.1, 0.15) is 5.82 Å². The summed E-state index contributed by atoms with van der Waals surface area (Å²) in [5, 5.41) is 0. The van der Waals surface area contributed by atoms with Crippen LogP contribution in [0.1, 0.15) is 16.7 Å². The molecular formula is C11H15FO2. The van der Waals surface area contributed by atoms with E-state index in [0.717, 1.165) is 11.1 Å². The minimum atomic E-state index is -0.197. The average Bonchev–Trinajstić information content (AvgIpc) is 2.14. The summed E-state index contributed by atoms with van der Waals surface area (Å²) in [5.74, 6) is -0.197. The molecule has 0 aliphatic rings. The lowest BCUT2D eigenvalue weighted by molar-refractivity contribution is 0.168. The molecule has 14 heavy (non-hydrogen) atoms. The summed E-state index contributed by atoms with van der Waals surface area (Å²) in [4.78, 5) is 0. The molecule has 0 saturated carbocycles. The molecule has 1 aromatic carbocycles. The van der Waals surface area contributed by atoms with Gasteiger partial charge >= 0.3 is 0 Å². The lowest BCUT2D eigenvalue weighted by Crippen LogP contribution is -2.00. The molecule has 0 aliphatic carbocycles. The van der Waals surface area contributed by atoms with E-state index in [1.165, 1.54) is 6.07 Å². The predicted octanol–water partition coefficient (Wildman–Crippen LogP) is 2.43. The molecule has 0 N–H and O–H groups in total. The number of rotatable bonds is 4. The summed E-state index contributed by atoms with van der Waals surface area (Å²) < 4.78 is 23.2. The van der Waals surface area contributed by atoms with Crippen LogP contribution in [0.5, 0.6) is 0 Å². The smallest absolute Gasteiger partial charge is 0.126 e. The highest BCUT2D eigenvalue weighted by atomic mass is 19.1. The first-order chi connectivity index (χ1) is 6.69. The Balaban J connectivity index is 3.03. The zero-order valence-corrected chi connectivity index (χ0v) is 8.76. The van der Waals surface area contributed by atoms with Crippen molar-refractivity contribution in [2.24, 2.45) is 0 Å². The molecule has 0 spiro atoms. The van der Waals surface area contributed by atoms with E-state index in [1.807, 2.05) is 0 Å². The number of ether oxygens (including phenoxy) is 2. The summed E-state index contributed by atoms with van der Waals surface area (Å²) in [6.45, 7) is 2.64. The molecule has 3 heteroatoms. The van der Waals surface area contributed by atoms with Crippen LogP contribution in [0.25, 0.3) is 0 Å². The first-order valence-electron chi connectivity index (χ1n) is 4.44. The van der Waals surface area contributed by atoms with Crippen LogP contribution in [-0.4, -0.2) is 14.2 Å². The summed E-state index contributed by atoms with van der Waals surface area (Å²) in [5.41, 5.74) is 2.46. The van der Waals surface area contributed by atoms with E-state index < -0.39 is 0 Å². The van der Waals surface area contributed by atoms with Gasteiger partial charge in [0, 0.05) is 14.2 Å². The summed E-state index contributed by atoms with van der Waals surface area (Å²) in [6, 6.07) is 3.31. The van der Waals surface area contributed by atoms with Crippen molar-refractivity contribution < 1.29 is 13.9 Å². The SMILES string of the molecule is COCc1cc(C)c(F)cc1COC. The molecular weight excluding hydrogens is 183 g/mol. The van der Waals surface area contributed by atoms with Crippen LogP contribution in [0.15, 0.2) is 12.1 Å². The molecule has 1 rings (SSSR count). The third-order valence-corrected chi connectivity index (χ3v) is 2.08. The number of benzene rings is 1. The van der Waals surface area contributed by atoms with Crippen LogP contribution in [0.2, 0.25) is 0 Å². The van der Waals surface area contributed by atoms with E-state index in [9.17, 15) is 4.39 Å². The van der Waals surface area contributed by atoms with Crippen LogP contribution in [0.3, 0.4) is 0 Å². The Labute approximate surface area is 83.6 Å². The summed E-state index contributed by atoms with van der Waals surface area (Å²) >= 11 is 0. The van der Waals surface area contributed by atoms with Crippen LogP contribution in [-0.2, 0) is 22.7 Å². The molecule has 0 bridgehead atoms. The van der Waals surface area contributed by atoms with Gasteiger partial charge in [-0.25, -0.2) is 4.39 Å². The van der Waals surface area contributed by atoms with Crippen LogP contribution in [0.4, 0.5) is 4.39 Å². The van der Waals surface area contributed by atoms with Gasteiger partial charge < -0.3 is 9.47 Å². The third kappa shape index (κ3) is 2.53. The highest BCUT2D eigenvalue weighted by molar-refractivity contribution is 5.31. The molecule has 0 saturated heterocycles. The topological polar surface area (TPSA) is 18.5 Å². The molecule has 0 aliphatic heterocycles. The van der Waals surface area contributed by atoms with Gasteiger partial charge in [0.25, 0.3) is 0 Å². The van der Waals surface area contributed by atoms with Crippen molar-refractivity contribution in [1.29, 1.82) is 0 Å². The fourth-order valence-electron chi connectivity index (χ4n) is 1.36. The number of methoxy groups -OCH3 is 2. The minimum absolute atomic E-state index is 0.197. The second kappa shape index (κ2) is 5.08. The third-order valence-electron chi connectivity index (χ3n) is 2.08. The van der Waals surface area contributed by atoms with Crippen molar-refractivity contribution >= 4 is 0 Å². The van der Waals surface area contributed by atoms with E-state index in [0.29, 0.717) is 18.8 Å². The molecule has 0 amide bonds. The van der Waals surface area contributed by atoms with E-state index in [4.69, 9.17) is 9.47 Å². The van der Waals surface area contributed by atoms with Gasteiger partial charge in [0.2, 0.25) is 0 Å². The molecule has 0 fully saturated rings. The van der Waals surface area contributed by atoms with Crippen molar-refractivity contribution in [1.82, 2.24) is 0 Å². The molecule has 0 heterocycles. The Morgan fingerprint density at radius 3 is 2.07 bits per heavy atom. The van der Waals surface area contributed by atoms with Crippen LogP contribution >= 0.6 is 0 Å². The zero-order valence-electron chi connectivity index (χ0n) is 8.76. The fourth-order valence-corrected chi connectivity index (χ4v) is 1.36.